The zero-order valence-electron chi connectivity index (χ0n) is 12.4. The summed E-state index contributed by atoms with van der Waals surface area (Å²) >= 11 is 0. The van der Waals surface area contributed by atoms with E-state index in [1.807, 2.05) is 6.07 Å². The molecule has 0 bridgehead atoms. The van der Waals surface area contributed by atoms with Crippen molar-refractivity contribution in [3.63, 3.8) is 0 Å². The minimum atomic E-state index is 0.140. The van der Waals surface area contributed by atoms with E-state index in [0.717, 1.165) is 37.6 Å². The molecule has 0 spiro atoms. The molecule has 114 valence electrons. The molecule has 1 aromatic rings. The van der Waals surface area contributed by atoms with Crippen molar-refractivity contribution in [2.24, 2.45) is 5.92 Å². The number of likely N-dealkylation sites (tertiary alicyclic amines) is 1. The van der Waals surface area contributed by atoms with Gasteiger partial charge in [-0.25, -0.2) is 0 Å². The van der Waals surface area contributed by atoms with E-state index in [2.05, 4.69) is 22.3 Å². The molecule has 1 atom stereocenters. The molecule has 2 aliphatic rings. The molecular formula is C16H22N2O3. The Balaban J connectivity index is 1.56. The van der Waals surface area contributed by atoms with Gasteiger partial charge in [0.15, 0.2) is 11.5 Å². The number of amides is 1. The van der Waals surface area contributed by atoms with Gasteiger partial charge < -0.3 is 14.8 Å². The number of nitrogens with one attached hydrogen (secondary N) is 1. The lowest BCUT2D eigenvalue weighted by atomic mass is 10.0. The first-order chi connectivity index (χ1) is 10.2. The highest BCUT2D eigenvalue weighted by atomic mass is 16.6. The highest BCUT2D eigenvalue weighted by Crippen LogP contribution is 2.31. The predicted octanol–water partition coefficient (Wildman–Crippen LogP) is 1.42. The second-order valence-electron chi connectivity index (χ2n) is 5.75. The Hall–Kier alpha value is -1.75. The Morgan fingerprint density at radius 1 is 1.33 bits per heavy atom. The highest BCUT2D eigenvalue weighted by Gasteiger charge is 2.24. The molecule has 5 nitrogen and oxygen atoms in total. The average Bonchev–Trinajstić information content (AvgIpc) is 2.94. The third-order valence-electron chi connectivity index (χ3n) is 4.14. The summed E-state index contributed by atoms with van der Waals surface area (Å²) in [5.74, 6) is 2.30. The summed E-state index contributed by atoms with van der Waals surface area (Å²) < 4.78 is 11.2. The van der Waals surface area contributed by atoms with Crippen molar-refractivity contribution in [2.45, 2.75) is 19.4 Å². The van der Waals surface area contributed by atoms with E-state index in [0.29, 0.717) is 25.6 Å². The van der Waals surface area contributed by atoms with Crippen LogP contribution in [0.15, 0.2) is 18.2 Å². The van der Waals surface area contributed by atoms with Gasteiger partial charge in [0, 0.05) is 26.6 Å². The molecule has 0 radical (unpaired) electrons. The number of fused-ring (bicyclic) bond motifs is 1. The van der Waals surface area contributed by atoms with Gasteiger partial charge in [0.25, 0.3) is 0 Å². The van der Waals surface area contributed by atoms with Gasteiger partial charge in [-0.05, 0) is 36.6 Å². The number of rotatable bonds is 4. The molecular weight excluding hydrogens is 268 g/mol. The molecule has 1 N–H and O–H groups in total. The summed E-state index contributed by atoms with van der Waals surface area (Å²) in [5, 5.41) is 2.70. The van der Waals surface area contributed by atoms with E-state index in [1.54, 1.807) is 7.05 Å². The molecule has 5 heteroatoms. The Kier molecular flexibility index (Phi) is 4.29. The summed E-state index contributed by atoms with van der Waals surface area (Å²) in [6, 6.07) is 6.15. The lowest BCUT2D eigenvalue weighted by molar-refractivity contribution is -0.121. The molecule has 2 aliphatic heterocycles. The number of carbonyl (C=O) groups is 1. The first kappa shape index (κ1) is 14.2. The molecule has 3 rings (SSSR count). The fourth-order valence-corrected chi connectivity index (χ4v) is 3.03. The smallest absolute Gasteiger partial charge is 0.220 e. The van der Waals surface area contributed by atoms with Crippen LogP contribution in [0, 0.1) is 5.92 Å². The maximum atomic E-state index is 11.4. The van der Waals surface area contributed by atoms with Crippen molar-refractivity contribution in [3.05, 3.63) is 23.8 Å². The van der Waals surface area contributed by atoms with Gasteiger partial charge in [-0.2, -0.15) is 0 Å². The standard InChI is InChI=1S/C16H22N2O3/c1-17-16(19)9-13-4-5-18(11-13)10-12-2-3-14-15(8-12)21-7-6-20-14/h2-3,8,13H,4-7,9-11H2,1H3,(H,17,19)/t13-/m0/s1. The van der Waals surface area contributed by atoms with Gasteiger partial charge in [0.05, 0.1) is 0 Å². The average molecular weight is 290 g/mol. The Bertz CT molecular complexity index is 518. The van der Waals surface area contributed by atoms with Crippen molar-refractivity contribution < 1.29 is 14.3 Å². The van der Waals surface area contributed by atoms with Gasteiger partial charge in [0.2, 0.25) is 5.91 Å². The Morgan fingerprint density at radius 2 is 2.14 bits per heavy atom. The molecule has 1 fully saturated rings. The van der Waals surface area contributed by atoms with Crippen LogP contribution < -0.4 is 14.8 Å². The predicted molar refractivity (Wildman–Crippen MR) is 79.5 cm³/mol. The zero-order chi connectivity index (χ0) is 14.7. The van der Waals surface area contributed by atoms with Crippen LogP contribution in [0.3, 0.4) is 0 Å². The van der Waals surface area contributed by atoms with Crippen LogP contribution in [0.25, 0.3) is 0 Å². The SMILES string of the molecule is CNC(=O)C[C@@H]1CCN(Cc2ccc3c(c2)OCCO3)C1. The number of nitrogens with zero attached hydrogens (tertiary/aromatic N) is 1. The quantitative estimate of drug-likeness (QED) is 0.911. The van der Waals surface area contributed by atoms with E-state index >= 15 is 0 Å². The summed E-state index contributed by atoms with van der Waals surface area (Å²) in [7, 11) is 1.70. The van der Waals surface area contributed by atoms with Crippen molar-refractivity contribution in [2.75, 3.05) is 33.4 Å². The lowest BCUT2D eigenvalue weighted by Crippen LogP contribution is -2.24. The number of carbonyl (C=O) groups excluding carboxylic acids is 1. The fraction of sp³-hybridized carbons (Fsp3) is 0.562. The minimum Gasteiger partial charge on any atom is -0.486 e. The second kappa shape index (κ2) is 6.35. The first-order valence-electron chi connectivity index (χ1n) is 7.56. The summed E-state index contributed by atoms with van der Waals surface area (Å²) in [5.41, 5.74) is 1.24. The van der Waals surface area contributed by atoms with Crippen LogP contribution in [-0.2, 0) is 11.3 Å². The monoisotopic (exact) mass is 290 g/mol. The first-order valence-corrected chi connectivity index (χ1v) is 7.56. The maximum absolute atomic E-state index is 11.4. The lowest BCUT2D eigenvalue weighted by Gasteiger charge is -2.21. The van der Waals surface area contributed by atoms with Gasteiger partial charge >= 0.3 is 0 Å². The third-order valence-corrected chi connectivity index (χ3v) is 4.14. The van der Waals surface area contributed by atoms with Gasteiger partial charge in [-0.1, -0.05) is 6.07 Å². The van der Waals surface area contributed by atoms with E-state index in [-0.39, 0.29) is 5.91 Å². The molecule has 0 aromatic heterocycles. The molecule has 0 saturated carbocycles. The molecule has 21 heavy (non-hydrogen) atoms. The van der Waals surface area contributed by atoms with E-state index in [9.17, 15) is 4.79 Å². The number of hydrogen-bond donors (Lipinski definition) is 1. The minimum absolute atomic E-state index is 0.140. The van der Waals surface area contributed by atoms with Gasteiger partial charge in [-0.3, -0.25) is 9.69 Å². The number of hydrogen-bond acceptors (Lipinski definition) is 4. The zero-order valence-corrected chi connectivity index (χ0v) is 12.4. The van der Waals surface area contributed by atoms with E-state index in [1.165, 1.54) is 5.56 Å². The normalized spacial score (nSPS) is 21.3. The van der Waals surface area contributed by atoms with Crippen LogP contribution in [0.5, 0.6) is 11.5 Å². The van der Waals surface area contributed by atoms with Gasteiger partial charge in [-0.15, -0.1) is 0 Å². The van der Waals surface area contributed by atoms with Crippen LogP contribution in [0.2, 0.25) is 0 Å². The Morgan fingerprint density at radius 3 is 2.95 bits per heavy atom. The molecule has 2 heterocycles. The highest BCUT2D eigenvalue weighted by molar-refractivity contribution is 5.75. The molecule has 1 saturated heterocycles. The topological polar surface area (TPSA) is 50.8 Å². The second-order valence-corrected chi connectivity index (χ2v) is 5.75. The summed E-state index contributed by atoms with van der Waals surface area (Å²) in [6.07, 6.45) is 1.73. The fourth-order valence-electron chi connectivity index (χ4n) is 3.03. The molecule has 0 aliphatic carbocycles. The van der Waals surface area contributed by atoms with Crippen LogP contribution in [0.1, 0.15) is 18.4 Å². The van der Waals surface area contributed by atoms with Crippen LogP contribution >= 0.6 is 0 Å². The van der Waals surface area contributed by atoms with Crippen molar-refractivity contribution >= 4 is 5.91 Å². The van der Waals surface area contributed by atoms with Crippen LogP contribution in [-0.4, -0.2) is 44.2 Å². The molecule has 1 amide bonds. The number of ether oxygens (including phenoxy) is 2. The van der Waals surface area contributed by atoms with Crippen molar-refractivity contribution in [1.29, 1.82) is 0 Å². The van der Waals surface area contributed by atoms with Crippen molar-refractivity contribution in [1.82, 2.24) is 10.2 Å². The molecule has 0 unspecified atom stereocenters. The third kappa shape index (κ3) is 3.47. The summed E-state index contributed by atoms with van der Waals surface area (Å²) in [6.45, 7) is 4.19. The largest absolute Gasteiger partial charge is 0.486 e. The van der Waals surface area contributed by atoms with Crippen molar-refractivity contribution in [3.8, 4) is 11.5 Å². The van der Waals surface area contributed by atoms with E-state index in [4.69, 9.17) is 9.47 Å². The number of benzene rings is 1. The van der Waals surface area contributed by atoms with Crippen LogP contribution in [0.4, 0.5) is 0 Å². The Labute approximate surface area is 125 Å². The summed E-state index contributed by atoms with van der Waals surface area (Å²) in [4.78, 5) is 13.8. The molecule has 1 aromatic carbocycles. The van der Waals surface area contributed by atoms with Gasteiger partial charge in [0.1, 0.15) is 13.2 Å². The van der Waals surface area contributed by atoms with E-state index < -0.39 is 0 Å². The maximum Gasteiger partial charge on any atom is 0.220 e.